The number of anilines is 1. The average Bonchev–Trinajstić information content (AvgIpc) is 3.22. The third kappa shape index (κ3) is 5.71. The number of benzene rings is 2. The van der Waals surface area contributed by atoms with Gasteiger partial charge in [0.05, 0.1) is 32.1 Å². The summed E-state index contributed by atoms with van der Waals surface area (Å²) >= 11 is 0. The highest BCUT2D eigenvalue weighted by Crippen LogP contribution is 2.27. The minimum atomic E-state index is -0.330. The van der Waals surface area contributed by atoms with Crippen molar-refractivity contribution in [2.24, 2.45) is 0 Å². The van der Waals surface area contributed by atoms with Crippen molar-refractivity contribution in [3.8, 4) is 17.2 Å². The fourth-order valence-electron chi connectivity index (χ4n) is 3.20. The molecule has 0 saturated carbocycles. The third-order valence-electron chi connectivity index (χ3n) is 5.11. The summed E-state index contributed by atoms with van der Waals surface area (Å²) in [4.78, 5) is 26.9. The van der Waals surface area contributed by atoms with E-state index in [2.05, 4.69) is 26.1 Å². The summed E-state index contributed by atoms with van der Waals surface area (Å²) in [5.74, 6) is 1.23. The van der Waals surface area contributed by atoms with E-state index >= 15 is 0 Å². The minimum absolute atomic E-state index is 0.116. The lowest BCUT2D eigenvalue weighted by molar-refractivity contribution is -0.116. The number of nitrogens with one attached hydrogen (secondary N) is 1. The van der Waals surface area contributed by atoms with Crippen LogP contribution in [0.1, 0.15) is 36.8 Å². The van der Waals surface area contributed by atoms with E-state index in [1.807, 2.05) is 30.3 Å². The molecule has 1 aromatic heterocycles. The Morgan fingerprint density at radius 2 is 1.67 bits per heavy atom. The van der Waals surface area contributed by atoms with Crippen LogP contribution in [-0.4, -0.2) is 54.3 Å². The molecule has 0 bridgehead atoms. The molecule has 2 aromatic carbocycles. The van der Waals surface area contributed by atoms with Gasteiger partial charge in [0.1, 0.15) is 17.3 Å². The van der Waals surface area contributed by atoms with E-state index in [0.717, 1.165) is 17.1 Å². The Morgan fingerprint density at radius 3 is 2.27 bits per heavy atom. The molecule has 0 atom stereocenters. The first-order chi connectivity index (χ1) is 15.6. The Kier molecular flexibility index (Phi) is 7.06. The van der Waals surface area contributed by atoms with Crippen LogP contribution in [0, 0.1) is 0 Å². The minimum Gasteiger partial charge on any atom is -0.497 e. The van der Waals surface area contributed by atoms with Gasteiger partial charge in [-0.05, 0) is 42.5 Å². The van der Waals surface area contributed by atoms with Crippen molar-refractivity contribution >= 4 is 17.6 Å². The maximum absolute atomic E-state index is 12.8. The first-order valence-corrected chi connectivity index (χ1v) is 10.6. The second-order valence-electron chi connectivity index (χ2n) is 8.72. The predicted octanol–water partition coefficient (Wildman–Crippen LogP) is 3.90. The van der Waals surface area contributed by atoms with Crippen LogP contribution in [0.4, 0.5) is 5.82 Å². The van der Waals surface area contributed by atoms with Crippen LogP contribution in [0.25, 0.3) is 5.69 Å². The van der Waals surface area contributed by atoms with Gasteiger partial charge in [-0.3, -0.25) is 9.59 Å². The van der Waals surface area contributed by atoms with Gasteiger partial charge in [-0.2, -0.15) is 5.10 Å². The molecule has 0 saturated heterocycles. The molecule has 1 heterocycles. The van der Waals surface area contributed by atoms with Crippen molar-refractivity contribution < 1.29 is 19.1 Å². The fraction of sp³-hybridized carbons (Fsp3) is 0.320. The maximum Gasteiger partial charge on any atom is 0.254 e. The fourth-order valence-corrected chi connectivity index (χ4v) is 3.20. The Morgan fingerprint density at radius 1 is 1.00 bits per heavy atom. The molecule has 0 aliphatic carbocycles. The number of ether oxygens (including phenoxy) is 2. The number of carbonyl (C=O) groups excluding carboxylic acids is 2. The molecule has 0 aliphatic heterocycles. The highest BCUT2D eigenvalue weighted by molar-refractivity contribution is 5.99. The van der Waals surface area contributed by atoms with Crippen LogP contribution >= 0.6 is 0 Å². The molecule has 3 rings (SSSR count). The van der Waals surface area contributed by atoms with Crippen LogP contribution < -0.4 is 14.8 Å². The molecule has 0 unspecified atom stereocenters. The van der Waals surface area contributed by atoms with Crippen molar-refractivity contribution in [2.75, 3.05) is 33.1 Å². The second-order valence-corrected chi connectivity index (χ2v) is 8.72. The van der Waals surface area contributed by atoms with E-state index in [4.69, 9.17) is 14.6 Å². The molecular formula is C25H30N4O4. The number of carbonyl (C=O) groups is 2. The zero-order valence-corrected chi connectivity index (χ0v) is 19.9. The van der Waals surface area contributed by atoms with Crippen molar-refractivity contribution in [1.82, 2.24) is 14.7 Å². The number of hydrogen-bond donors (Lipinski definition) is 1. The zero-order chi connectivity index (χ0) is 24.2. The van der Waals surface area contributed by atoms with Gasteiger partial charge in [-0.25, -0.2) is 4.68 Å². The Bertz CT molecular complexity index is 1130. The lowest BCUT2D eigenvalue weighted by atomic mass is 9.92. The highest BCUT2D eigenvalue weighted by Gasteiger charge is 2.22. The van der Waals surface area contributed by atoms with Crippen LogP contribution in [-0.2, 0) is 10.2 Å². The highest BCUT2D eigenvalue weighted by atomic mass is 16.5. The summed E-state index contributed by atoms with van der Waals surface area (Å²) in [6.07, 6.45) is 0. The molecule has 8 heteroatoms. The number of likely N-dealkylation sites (N-methyl/N-ethyl adjacent to an activating group) is 1. The van der Waals surface area contributed by atoms with Crippen LogP contribution in [0.3, 0.4) is 0 Å². The standard InChI is InChI=1S/C25H30N4O4/c1-25(2,3)21-15-22(29(27-21)18-10-12-19(32-5)13-11-18)26-23(30)16-28(4)24(31)17-8-7-9-20(14-17)33-6/h7-15H,16H2,1-6H3,(H,26,30). The van der Waals surface area contributed by atoms with E-state index in [1.54, 1.807) is 50.2 Å². The number of methoxy groups -OCH3 is 2. The lowest BCUT2D eigenvalue weighted by Gasteiger charge is -2.17. The van der Waals surface area contributed by atoms with E-state index in [9.17, 15) is 9.59 Å². The van der Waals surface area contributed by atoms with Crippen molar-refractivity contribution in [3.05, 3.63) is 65.9 Å². The van der Waals surface area contributed by atoms with Gasteiger partial charge < -0.3 is 19.7 Å². The van der Waals surface area contributed by atoms with E-state index in [1.165, 1.54) is 4.90 Å². The van der Waals surface area contributed by atoms with Gasteiger partial charge in [0.2, 0.25) is 5.91 Å². The number of amides is 2. The molecule has 3 aromatic rings. The second kappa shape index (κ2) is 9.77. The molecule has 0 aliphatic rings. The summed E-state index contributed by atoms with van der Waals surface area (Å²) in [7, 11) is 4.73. The normalized spacial score (nSPS) is 11.1. The van der Waals surface area contributed by atoms with Gasteiger partial charge in [-0.1, -0.05) is 26.8 Å². The zero-order valence-electron chi connectivity index (χ0n) is 19.9. The molecule has 0 spiro atoms. The van der Waals surface area contributed by atoms with Crippen molar-refractivity contribution in [1.29, 1.82) is 0 Å². The van der Waals surface area contributed by atoms with Crippen molar-refractivity contribution in [2.45, 2.75) is 26.2 Å². The number of hydrogen-bond acceptors (Lipinski definition) is 5. The van der Waals surface area contributed by atoms with Gasteiger partial charge in [0, 0.05) is 24.1 Å². The van der Waals surface area contributed by atoms with Gasteiger partial charge in [0.15, 0.2) is 0 Å². The first kappa shape index (κ1) is 23.8. The molecule has 33 heavy (non-hydrogen) atoms. The Hall–Kier alpha value is -3.81. The molecular weight excluding hydrogens is 420 g/mol. The van der Waals surface area contributed by atoms with E-state index < -0.39 is 0 Å². The topological polar surface area (TPSA) is 85.7 Å². The van der Waals surface area contributed by atoms with Crippen LogP contribution in [0.15, 0.2) is 54.6 Å². The van der Waals surface area contributed by atoms with Gasteiger partial charge >= 0.3 is 0 Å². The number of nitrogens with zero attached hydrogens (tertiary/aromatic N) is 3. The van der Waals surface area contributed by atoms with Crippen molar-refractivity contribution in [3.63, 3.8) is 0 Å². The molecule has 0 radical (unpaired) electrons. The quantitative estimate of drug-likeness (QED) is 0.590. The summed E-state index contributed by atoms with van der Waals surface area (Å²) < 4.78 is 12.1. The molecule has 1 N–H and O–H groups in total. The summed E-state index contributed by atoms with van der Waals surface area (Å²) in [6, 6.07) is 16.1. The number of rotatable bonds is 7. The number of aromatic nitrogens is 2. The molecule has 174 valence electrons. The molecule has 0 fully saturated rings. The monoisotopic (exact) mass is 450 g/mol. The van der Waals surface area contributed by atoms with Gasteiger partial charge in [0.25, 0.3) is 5.91 Å². The van der Waals surface area contributed by atoms with Crippen LogP contribution in [0.5, 0.6) is 11.5 Å². The Balaban J connectivity index is 1.80. The maximum atomic E-state index is 12.8. The smallest absolute Gasteiger partial charge is 0.254 e. The lowest BCUT2D eigenvalue weighted by Crippen LogP contribution is -2.35. The molecule has 8 nitrogen and oxygen atoms in total. The van der Waals surface area contributed by atoms with Gasteiger partial charge in [-0.15, -0.1) is 0 Å². The van der Waals surface area contributed by atoms with Crippen LogP contribution in [0.2, 0.25) is 0 Å². The first-order valence-electron chi connectivity index (χ1n) is 10.6. The predicted molar refractivity (Wildman–Crippen MR) is 127 cm³/mol. The largest absolute Gasteiger partial charge is 0.497 e. The van der Waals surface area contributed by atoms with E-state index in [0.29, 0.717) is 17.1 Å². The third-order valence-corrected chi connectivity index (χ3v) is 5.11. The summed E-state index contributed by atoms with van der Waals surface area (Å²) in [6.45, 7) is 6.05. The van der Waals surface area contributed by atoms with E-state index in [-0.39, 0.29) is 23.8 Å². The average molecular weight is 451 g/mol. The summed E-state index contributed by atoms with van der Waals surface area (Å²) in [5, 5.41) is 7.61. The Labute approximate surface area is 194 Å². The SMILES string of the molecule is COc1ccc(-n2nc(C(C)(C)C)cc2NC(=O)CN(C)C(=O)c2cccc(OC)c2)cc1. The summed E-state index contributed by atoms with van der Waals surface area (Å²) in [5.41, 5.74) is 1.84. The molecule has 2 amide bonds.